The first-order valence-corrected chi connectivity index (χ1v) is 18.4. The molecule has 2 aromatic carbocycles. The van der Waals surface area contributed by atoms with Gasteiger partial charge in [-0.1, -0.05) is 23.5 Å². The van der Waals surface area contributed by atoms with E-state index in [1.165, 1.54) is 11.3 Å². The zero-order chi connectivity index (χ0) is 38.7. The summed E-state index contributed by atoms with van der Waals surface area (Å²) in [6.07, 6.45) is -2.87. The van der Waals surface area contributed by atoms with E-state index >= 15 is 8.78 Å². The van der Waals surface area contributed by atoms with E-state index < -0.39 is 71.3 Å². The molecule has 0 unspecified atom stereocenters. The van der Waals surface area contributed by atoms with Crippen LogP contribution in [0.1, 0.15) is 66.4 Å². The molecule has 18 heteroatoms. The lowest BCUT2D eigenvalue weighted by molar-refractivity contribution is -0.123. The molecule has 1 saturated carbocycles. The predicted molar refractivity (Wildman–Crippen MR) is 192 cm³/mol. The molecule has 1 aliphatic heterocycles. The van der Waals surface area contributed by atoms with Crippen molar-refractivity contribution in [2.75, 3.05) is 23.7 Å². The van der Waals surface area contributed by atoms with Crippen LogP contribution in [0.3, 0.4) is 0 Å². The third-order valence-electron chi connectivity index (χ3n) is 10.9. The number of fused-ring (bicyclic) bond motifs is 5. The quantitative estimate of drug-likeness (QED) is 0.141. The summed E-state index contributed by atoms with van der Waals surface area (Å²) in [5, 5.41) is 22.6. The van der Waals surface area contributed by atoms with Gasteiger partial charge in [0.05, 0.1) is 40.6 Å². The Hall–Kier alpha value is -5.23. The van der Waals surface area contributed by atoms with Crippen molar-refractivity contribution in [3.8, 4) is 11.1 Å². The molecule has 9 rings (SSSR count). The zero-order valence-corrected chi connectivity index (χ0v) is 30.1. The third kappa shape index (κ3) is 5.79. The average molecular weight is 782 g/mol. The molecule has 286 valence electrons. The van der Waals surface area contributed by atoms with Gasteiger partial charge in [0.25, 0.3) is 12.3 Å². The van der Waals surface area contributed by atoms with Gasteiger partial charge in [-0.2, -0.15) is 24.0 Å². The fraction of sp³-hybridized carbons (Fsp3) is 0.378. The summed E-state index contributed by atoms with van der Waals surface area (Å²) in [4.78, 5) is 25.6. The normalized spacial score (nSPS) is 20.1. The second-order valence-electron chi connectivity index (χ2n) is 14.9. The molecule has 1 amide bonds. The summed E-state index contributed by atoms with van der Waals surface area (Å²) in [6.45, 7) is 1.56. The van der Waals surface area contributed by atoms with Gasteiger partial charge in [-0.05, 0) is 61.9 Å². The van der Waals surface area contributed by atoms with Crippen molar-refractivity contribution in [3.63, 3.8) is 0 Å². The first kappa shape index (κ1) is 35.5. The van der Waals surface area contributed by atoms with Crippen LogP contribution in [-0.2, 0) is 30.7 Å². The number of pyridine rings is 1. The highest BCUT2D eigenvalue weighted by Crippen LogP contribution is 2.63. The van der Waals surface area contributed by atoms with E-state index in [0.717, 1.165) is 12.1 Å². The van der Waals surface area contributed by atoms with Gasteiger partial charge in [0.2, 0.25) is 5.91 Å². The standard InChI is InChI=1S/C37H33F6N9O2S/c1-36(54)14-51(15-36)35-47-34-25(55-35)12-22(19-4-3-5-21-30(19)50(2)49-33(21)44)28(46-34)24(10-16-8-17(38)11-18(39)9-16)45-26(53)13-52-31-27(29(48-52)32(40)41)20-6-7-23(20)37(31,42)43/h3-5,8-9,11-12,20,23-24,32,54H,6-7,10,13-15H2,1-2H3,(H2,44,49)(H,45,53)/t20-,23+,24-/m0/s1. The number of rotatable bonds is 9. The number of thiazole rings is 1. The molecule has 5 heterocycles. The number of para-hydroxylation sites is 1. The van der Waals surface area contributed by atoms with Crippen LogP contribution >= 0.6 is 11.3 Å². The smallest absolute Gasteiger partial charge is 0.293 e. The van der Waals surface area contributed by atoms with Gasteiger partial charge in [0.15, 0.2) is 16.6 Å². The molecule has 3 aliphatic rings. The monoisotopic (exact) mass is 781 g/mol. The minimum absolute atomic E-state index is 0.142. The fourth-order valence-corrected chi connectivity index (χ4v) is 9.42. The van der Waals surface area contributed by atoms with Gasteiger partial charge < -0.3 is 21.1 Å². The number of halogens is 6. The molecule has 2 aliphatic carbocycles. The van der Waals surface area contributed by atoms with Crippen molar-refractivity contribution in [3.05, 3.63) is 82.3 Å². The fourth-order valence-electron chi connectivity index (χ4n) is 8.47. The highest BCUT2D eigenvalue weighted by atomic mass is 32.1. The van der Waals surface area contributed by atoms with Gasteiger partial charge in [-0.15, -0.1) is 0 Å². The minimum Gasteiger partial charge on any atom is -0.386 e. The largest absolute Gasteiger partial charge is 0.386 e. The molecule has 1 saturated heterocycles. The number of hydrogen-bond acceptors (Lipinski definition) is 9. The number of amides is 1. The van der Waals surface area contributed by atoms with E-state index in [9.17, 15) is 27.5 Å². The van der Waals surface area contributed by atoms with Crippen LogP contribution in [0.4, 0.5) is 37.3 Å². The lowest BCUT2D eigenvalue weighted by atomic mass is 9.73. The molecular weight excluding hydrogens is 749 g/mol. The van der Waals surface area contributed by atoms with E-state index in [4.69, 9.17) is 15.7 Å². The Morgan fingerprint density at radius 1 is 1.05 bits per heavy atom. The number of β-amino-alcohol motifs (C(OH)–C–C–N with tert-alkyl or cyclic N) is 1. The summed E-state index contributed by atoms with van der Waals surface area (Å²) >= 11 is 1.33. The first-order chi connectivity index (χ1) is 26.1. The van der Waals surface area contributed by atoms with Crippen LogP contribution in [0.5, 0.6) is 0 Å². The Labute approximate surface area is 312 Å². The van der Waals surface area contributed by atoms with E-state index in [0.29, 0.717) is 62.1 Å². The van der Waals surface area contributed by atoms with E-state index in [1.807, 2.05) is 11.0 Å². The molecule has 4 aromatic heterocycles. The van der Waals surface area contributed by atoms with Crippen LogP contribution in [0.15, 0.2) is 42.5 Å². The summed E-state index contributed by atoms with van der Waals surface area (Å²) in [6, 6.07) is 8.93. The topological polar surface area (TPSA) is 140 Å². The Balaban J connectivity index is 1.18. The summed E-state index contributed by atoms with van der Waals surface area (Å²) in [7, 11) is 1.71. The van der Waals surface area contributed by atoms with Gasteiger partial charge in [0, 0.05) is 41.1 Å². The summed E-state index contributed by atoms with van der Waals surface area (Å²) in [5.41, 5.74) is 6.06. The van der Waals surface area contributed by atoms with Crippen LogP contribution in [0.25, 0.3) is 32.4 Å². The van der Waals surface area contributed by atoms with Crippen molar-refractivity contribution in [1.82, 2.24) is 34.8 Å². The highest BCUT2D eigenvalue weighted by molar-refractivity contribution is 7.22. The van der Waals surface area contributed by atoms with Crippen LogP contribution in [0, 0.1) is 17.6 Å². The van der Waals surface area contributed by atoms with Crippen molar-refractivity contribution in [1.29, 1.82) is 0 Å². The summed E-state index contributed by atoms with van der Waals surface area (Å²) in [5.74, 6) is -7.72. The Morgan fingerprint density at radius 2 is 1.80 bits per heavy atom. The Kier molecular flexibility index (Phi) is 7.99. The lowest BCUT2D eigenvalue weighted by Crippen LogP contribution is -2.60. The van der Waals surface area contributed by atoms with Gasteiger partial charge in [0.1, 0.15) is 29.6 Å². The zero-order valence-electron chi connectivity index (χ0n) is 29.3. The van der Waals surface area contributed by atoms with Crippen LogP contribution < -0.4 is 16.0 Å². The number of hydrogen-bond donors (Lipinski definition) is 3. The highest BCUT2D eigenvalue weighted by Gasteiger charge is 2.62. The number of nitrogen functional groups attached to an aromatic ring is 1. The molecule has 4 N–H and O–H groups in total. The molecule has 6 aromatic rings. The van der Waals surface area contributed by atoms with E-state index in [2.05, 4.69) is 15.5 Å². The third-order valence-corrected chi connectivity index (χ3v) is 11.9. The second-order valence-corrected chi connectivity index (χ2v) is 15.9. The second kappa shape index (κ2) is 12.4. The van der Waals surface area contributed by atoms with E-state index in [1.54, 1.807) is 36.9 Å². The number of aryl methyl sites for hydroxylation is 1. The molecule has 3 atom stereocenters. The summed E-state index contributed by atoms with van der Waals surface area (Å²) < 4.78 is 91.6. The van der Waals surface area contributed by atoms with Crippen LogP contribution in [-0.4, -0.2) is 59.2 Å². The Morgan fingerprint density at radius 3 is 2.47 bits per heavy atom. The van der Waals surface area contributed by atoms with E-state index in [-0.39, 0.29) is 41.1 Å². The van der Waals surface area contributed by atoms with Gasteiger partial charge in [-0.25, -0.2) is 22.5 Å². The van der Waals surface area contributed by atoms with Crippen molar-refractivity contribution < 1.29 is 36.2 Å². The number of anilines is 2. The number of aliphatic hydroxyl groups is 1. The predicted octanol–water partition coefficient (Wildman–Crippen LogP) is 6.51. The number of nitrogens with zero attached hydrogens (tertiary/aromatic N) is 7. The Bertz CT molecular complexity index is 2520. The first-order valence-electron chi connectivity index (χ1n) is 17.6. The molecule has 0 spiro atoms. The van der Waals surface area contributed by atoms with Crippen molar-refractivity contribution >= 4 is 49.4 Å². The van der Waals surface area contributed by atoms with Crippen molar-refractivity contribution in [2.24, 2.45) is 13.0 Å². The molecule has 2 fully saturated rings. The SMILES string of the molecule is Cn1nc(N)c2cccc(-c3cc4sc(N5CC(C)(O)C5)nc4nc3[C@H](Cc3cc(F)cc(F)c3)NC(=O)Cn3nc(C(F)F)c4c3C(F)(F)[C@@H]3CC[C@H]43)c21. The van der Waals surface area contributed by atoms with Gasteiger partial charge in [-0.3, -0.25) is 14.2 Å². The van der Waals surface area contributed by atoms with Crippen LogP contribution in [0.2, 0.25) is 0 Å². The minimum atomic E-state index is -3.47. The molecule has 0 bridgehead atoms. The number of aromatic nitrogens is 6. The number of nitrogens with one attached hydrogen (secondary N) is 1. The number of carbonyl (C=O) groups excluding carboxylic acids is 1. The van der Waals surface area contributed by atoms with Gasteiger partial charge >= 0.3 is 0 Å². The number of alkyl halides is 4. The molecular formula is C37H33F6N9O2S. The molecule has 11 nitrogen and oxygen atoms in total. The van der Waals surface area contributed by atoms with Crippen molar-refractivity contribution in [2.45, 2.75) is 62.6 Å². The maximum atomic E-state index is 15.6. The number of nitrogens with two attached hydrogens (primary N) is 1. The average Bonchev–Trinajstić information content (AvgIpc) is 3.77. The maximum Gasteiger partial charge on any atom is 0.293 e. The molecule has 55 heavy (non-hydrogen) atoms. The number of carbonyl (C=O) groups is 1. The maximum absolute atomic E-state index is 15.6. The lowest BCUT2D eigenvalue weighted by Gasteiger charge is -2.43. The number of benzene rings is 2. The molecule has 0 radical (unpaired) electrons.